The summed E-state index contributed by atoms with van der Waals surface area (Å²) in [6, 6.07) is 0. The summed E-state index contributed by atoms with van der Waals surface area (Å²) in [6.07, 6.45) is 6.93. The van der Waals surface area contributed by atoms with Crippen LogP contribution in [0.15, 0.2) is 17.2 Å². The van der Waals surface area contributed by atoms with Crippen molar-refractivity contribution in [2.75, 3.05) is 5.32 Å². The smallest absolute Gasteiger partial charge is 0.329 e. The molecule has 0 radical (unpaired) electrons. The van der Waals surface area contributed by atoms with Gasteiger partial charge in [-0.15, -0.1) is 0 Å². The van der Waals surface area contributed by atoms with Gasteiger partial charge in [0.05, 0.1) is 0 Å². The number of aryl methyl sites for hydroxylation is 1. The first-order chi connectivity index (χ1) is 9.98. The summed E-state index contributed by atoms with van der Waals surface area (Å²) in [5.41, 5.74) is -1.33. The third-order valence-electron chi connectivity index (χ3n) is 4.14. The van der Waals surface area contributed by atoms with Crippen LogP contribution in [0.1, 0.15) is 46.0 Å². The summed E-state index contributed by atoms with van der Waals surface area (Å²) in [5, 5.41) is 12.6. The summed E-state index contributed by atoms with van der Waals surface area (Å²) in [4.78, 5) is 28.1. The van der Waals surface area contributed by atoms with E-state index < -0.39 is 11.5 Å². The van der Waals surface area contributed by atoms with Crippen molar-refractivity contribution in [3.63, 3.8) is 0 Å². The van der Waals surface area contributed by atoms with Crippen LogP contribution in [0.25, 0.3) is 0 Å². The molecule has 0 aliphatic heterocycles. The molecule has 1 fully saturated rings. The van der Waals surface area contributed by atoms with Gasteiger partial charge in [0.15, 0.2) is 5.82 Å². The normalized spacial score (nSPS) is 25.5. The summed E-state index contributed by atoms with van der Waals surface area (Å²) in [5.74, 6) is -0.437. The highest BCUT2D eigenvalue weighted by Gasteiger charge is 2.42. The van der Waals surface area contributed by atoms with Gasteiger partial charge in [0.1, 0.15) is 5.54 Å². The maximum absolute atomic E-state index is 12.3. The molecule has 6 heteroatoms. The number of aliphatic carboxylic acids is 1. The van der Waals surface area contributed by atoms with E-state index in [-0.39, 0.29) is 11.4 Å². The molecule has 2 atom stereocenters. The molecule has 1 saturated carbocycles. The van der Waals surface area contributed by atoms with Gasteiger partial charge in [-0.1, -0.05) is 26.7 Å². The molecule has 21 heavy (non-hydrogen) atoms. The summed E-state index contributed by atoms with van der Waals surface area (Å²) < 4.78 is 1.57. The Kier molecular flexibility index (Phi) is 4.65. The Morgan fingerprint density at radius 1 is 1.62 bits per heavy atom. The number of rotatable bonds is 5. The summed E-state index contributed by atoms with van der Waals surface area (Å²) >= 11 is 0. The number of hydrogen-bond acceptors (Lipinski definition) is 4. The minimum atomic E-state index is -1.07. The van der Waals surface area contributed by atoms with Crippen LogP contribution in [-0.4, -0.2) is 26.2 Å². The Labute approximate surface area is 124 Å². The van der Waals surface area contributed by atoms with E-state index in [4.69, 9.17) is 0 Å². The predicted molar refractivity (Wildman–Crippen MR) is 80.4 cm³/mol. The van der Waals surface area contributed by atoms with E-state index in [2.05, 4.69) is 10.3 Å². The third kappa shape index (κ3) is 3.25. The van der Waals surface area contributed by atoms with Gasteiger partial charge in [0.25, 0.3) is 5.56 Å². The van der Waals surface area contributed by atoms with E-state index >= 15 is 0 Å². The van der Waals surface area contributed by atoms with E-state index in [1.165, 1.54) is 0 Å². The van der Waals surface area contributed by atoms with E-state index in [0.29, 0.717) is 25.3 Å². The van der Waals surface area contributed by atoms with Gasteiger partial charge in [0, 0.05) is 18.9 Å². The number of hydrogen-bond donors (Lipinski definition) is 2. The van der Waals surface area contributed by atoms with Crippen LogP contribution in [0, 0.1) is 5.92 Å². The minimum Gasteiger partial charge on any atom is -0.480 e. The van der Waals surface area contributed by atoms with E-state index in [0.717, 1.165) is 19.3 Å². The van der Waals surface area contributed by atoms with Gasteiger partial charge in [0.2, 0.25) is 0 Å². The van der Waals surface area contributed by atoms with E-state index in [9.17, 15) is 14.7 Å². The highest BCUT2D eigenvalue weighted by Crippen LogP contribution is 2.34. The molecular weight excluding hydrogens is 270 g/mol. The van der Waals surface area contributed by atoms with Crippen molar-refractivity contribution in [1.29, 1.82) is 0 Å². The van der Waals surface area contributed by atoms with Gasteiger partial charge in [-0.25, -0.2) is 9.78 Å². The second-order valence-electron chi connectivity index (χ2n) is 5.99. The maximum atomic E-state index is 12.3. The van der Waals surface area contributed by atoms with Gasteiger partial charge in [-0.2, -0.15) is 0 Å². The zero-order valence-electron chi connectivity index (χ0n) is 12.6. The van der Waals surface area contributed by atoms with E-state index in [1.807, 2.05) is 13.8 Å². The highest BCUT2D eigenvalue weighted by atomic mass is 16.4. The number of carbonyl (C=O) groups is 1. The second-order valence-corrected chi connectivity index (χ2v) is 5.99. The average Bonchev–Trinajstić information content (AvgIpc) is 2.43. The summed E-state index contributed by atoms with van der Waals surface area (Å²) in [6.45, 7) is 4.64. The lowest BCUT2D eigenvalue weighted by molar-refractivity contribution is -0.144. The topological polar surface area (TPSA) is 84.2 Å². The third-order valence-corrected chi connectivity index (χ3v) is 4.14. The number of anilines is 1. The number of aromatic nitrogens is 2. The van der Waals surface area contributed by atoms with Crippen molar-refractivity contribution < 1.29 is 9.90 Å². The molecule has 1 aromatic rings. The first-order valence-electron chi connectivity index (χ1n) is 7.55. The molecule has 1 aliphatic carbocycles. The maximum Gasteiger partial charge on any atom is 0.329 e. The largest absolute Gasteiger partial charge is 0.480 e. The molecule has 0 spiro atoms. The first-order valence-corrected chi connectivity index (χ1v) is 7.55. The molecule has 2 N–H and O–H groups in total. The van der Waals surface area contributed by atoms with Gasteiger partial charge in [-0.3, -0.25) is 4.79 Å². The Bertz CT molecular complexity index is 570. The standard InChI is InChI=1S/C15H23N3O3/c1-3-8-18-9-7-16-12(13(18)19)17-15(14(20)21)6-4-5-11(2)10-15/h7,9,11H,3-6,8,10H2,1-2H3,(H,16,17)(H,20,21). The van der Waals surface area contributed by atoms with Gasteiger partial charge in [-0.05, 0) is 25.2 Å². The molecular formula is C15H23N3O3. The van der Waals surface area contributed by atoms with Crippen LogP contribution in [-0.2, 0) is 11.3 Å². The number of nitrogens with one attached hydrogen (secondary N) is 1. The molecule has 2 unspecified atom stereocenters. The Balaban J connectivity index is 2.32. The van der Waals surface area contributed by atoms with Gasteiger partial charge < -0.3 is 15.0 Å². The Morgan fingerprint density at radius 3 is 3.00 bits per heavy atom. The number of carboxylic acids is 1. The van der Waals surface area contributed by atoms with Gasteiger partial charge >= 0.3 is 5.97 Å². The lowest BCUT2D eigenvalue weighted by Crippen LogP contribution is -2.51. The predicted octanol–water partition coefficient (Wildman–Crippen LogP) is 2.10. The van der Waals surface area contributed by atoms with Crippen LogP contribution in [0.3, 0.4) is 0 Å². The highest BCUT2D eigenvalue weighted by molar-refractivity contribution is 5.82. The number of carboxylic acid groups (broad SMARTS) is 1. The monoisotopic (exact) mass is 293 g/mol. The summed E-state index contributed by atoms with van der Waals surface area (Å²) in [7, 11) is 0. The molecule has 1 aromatic heterocycles. The molecule has 0 saturated heterocycles. The van der Waals surface area contributed by atoms with Crippen LogP contribution in [0.4, 0.5) is 5.82 Å². The van der Waals surface area contributed by atoms with Crippen molar-refractivity contribution in [2.45, 2.75) is 58.0 Å². The first kappa shape index (κ1) is 15.5. The molecule has 0 amide bonds. The van der Waals surface area contributed by atoms with E-state index in [1.54, 1.807) is 17.0 Å². The fourth-order valence-electron chi connectivity index (χ4n) is 3.09. The lowest BCUT2D eigenvalue weighted by atomic mass is 9.76. The quantitative estimate of drug-likeness (QED) is 0.868. The zero-order valence-corrected chi connectivity index (χ0v) is 12.6. The molecule has 2 rings (SSSR count). The fourth-order valence-corrected chi connectivity index (χ4v) is 3.09. The molecule has 116 valence electrons. The minimum absolute atomic E-state index is 0.141. The molecule has 1 heterocycles. The molecule has 1 aliphatic rings. The second kappa shape index (κ2) is 6.28. The zero-order chi connectivity index (χ0) is 15.5. The van der Waals surface area contributed by atoms with Crippen molar-refractivity contribution in [3.8, 4) is 0 Å². The molecule has 0 aromatic carbocycles. The van der Waals surface area contributed by atoms with Crippen molar-refractivity contribution in [1.82, 2.24) is 9.55 Å². The fraction of sp³-hybridized carbons (Fsp3) is 0.667. The average molecular weight is 293 g/mol. The molecule has 6 nitrogen and oxygen atoms in total. The SMILES string of the molecule is CCCn1ccnc(NC2(C(=O)O)CCCC(C)C2)c1=O. The molecule has 0 bridgehead atoms. The Hall–Kier alpha value is -1.85. The lowest BCUT2D eigenvalue weighted by Gasteiger charge is -2.37. The van der Waals surface area contributed by atoms with Crippen LogP contribution in [0.2, 0.25) is 0 Å². The van der Waals surface area contributed by atoms with Crippen molar-refractivity contribution >= 4 is 11.8 Å². The van der Waals surface area contributed by atoms with Crippen molar-refractivity contribution in [2.24, 2.45) is 5.92 Å². The van der Waals surface area contributed by atoms with Crippen LogP contribution < -0.4 is 10.9 Å². The number of nitrogens with zero attached hydrogens (tertiary/aromatic N) is 2. The van der Waals surface area contributed by atoms with Crippen molar-refractivity contribution in [3.05, 3.63) is 22.7 Å². The Morgan fingerprint density at radius 2 is 2.38 bits per heavy atom. The van der Waals surface area contributed by atoms with Crippen LogP contribution in [0.5, 0.6) is 0 Å². The van der Waals surface area contributed by atoms with Crippen LogP contribution >= 0.6 is 0 Å².